The molecule has 31 heavy (non-hydrogen) atoms. The number of furan rings is 1. The fourth-order valence-electron chi connectivity index (χ4n) is 4.81. The maximum Gasteiger partial charge on any atom is 0.263 e. The van der Waals surface area contributed by atoms with Crippen LogP contribution in [0.25, 0.3) is 10.2 Å². The molecule has 3 heterocycles. The molecule has 0 aliphatic heterocycles. The first-order valence-corrected chi connectivity index (χ1v) is 12.9. The van der Waals surface area contributed by atoms with Crippen molar-refractivity contribution < 1.29 is 9.21 Å². The van der Waals surface area contributed by atoms with Crippen LogP contribution in [0.3, 0.4) is 0 Å². The van der Waals surface area contributed by atoms with Crippen LogP contribution in [0, 0.1) is 0 Å². The molecule has 3 aromatic rings. The maximum absolute atomic E-state index is 13.7. The van der Waals surface area contributed by atoms with Crippen molar-refractivity contribution in [1.29, 1.82) is 0 Å². The number of aromatic nitrogens is 2. The summed E-state index contributed by atoms with van der Waals surface area (Å²) in [4.78, 5) is 33.3. The third-order valence-corrected chi connectivity index (χ3v) is 8.50. The van der Waals surface area contributed by atoms with E-state index in [9.17, 15) is 9.59 Å². The van der Waals surface area contributed by atoms with Gasteiger partial charge < -0.3 is 9.73 Å². The Kier molecular flexibility index (Phi) is 5.93. The monoisotopic (exact) mass is 457 g/mol. The van der Waals surface area contributed by atoms with Crippen LogP contribution in [0.15, 0.2) is 32.8 Å². The summed E-state index contributed by atoms with van der Waals surface area (Å²) in [6, 6.07) is 3.66. The van der Waals surface area contributed by atoms with Crippen LogP contribution >= 0.6 is 23.1 Å². The standard InChI is InChI=1S/C23H27N3O3S2/c1-14(17-10-6-12-29-17)24-19(27)13-30-23-25-21-20(16-9-4-5-11-18(16)31-21)22(28)26(23)15-7-2-3-8-15/h6,10,12,14-15H,2-5,7-9,11,13H2,1H3,(H,24,27). The van der Waals surface area contributed by atoms with E-state index < -0.39 is 0 Å². The highest BCUT2D eigenvalue weighted by Crippen LogP contribution is 2.37. The van der Waals surface area contributed by atoms with E-state index in [2.05, 4.69) is 5.32 Å². The predicted octanol–water partition coefficient (Wildman–Crippen LogP) is 5.01. The zero-order valence-corrected chi connectivity index (χ0v) is 19.3. The average molecular weight is 458 g/mol. The van der Waals surface area contributed by atoms with Crippen LogP contribution in [-0.4, -0.2) is 21.2 Å². The Balaban J connectivity index is 1.43. The van der Waals surface area contributed by atoms with E-state index in [1.165, 1.54) is 28.6 Å². The fourth-order valence-corrected chi connectivity index (χ4v) is 6.99. The lowest BCUT2D eigenvalue weighted by Crippen LogP contribution is -2.30. The number of amides is 1. The number of nitrogens with one attached hydrogen (secondary N) is 1. The molecule has 8 heteroatoms. The second-order valence-electron chi connectivity index (χ2n) is 8.49. The Morgan fingerprint density at radius 3 is 2.90 bits per heavy atom. The number of carbonyl (C=O) groups is 1. The minimum absolute atomic E-state index is 0.0910. The van der Waals surface area contributed by atoms with Gasteiger partial charge in [-0.3, -0.25) is 14.2 Å². The van der Waals surface area contributed by atoms with Crippen molar-refractivity contribution in [2.45, 2.75) is 75.5 Å². The van der Waals surface area contributed by atoms with Gasteiger partial charge in [0.1, 0.15) is 10.6 Å². The molecule has 1 amide bonds. The number of fused-ring (bicyclic) bond motifs is 3. The molecular formula is C23H27N3O3S2. The highest BCUT2D eigenvalue weighted by Gasteiger charge is 2.27. The van der Waals surface area contributed by atoms with Crippen molar-refractivity contribution >= 4 is 39.2 Å². The number of carbonyl (C=O) groups excluding carboxylic acids is 1. The van der Waals surface area contributed by atoms with Crippen molar-refractivity contribution in [3.05, 3.63) is 45.0 Å². The molecule has 1 saturated carbocycles. The first-order chi connectivity index (χ1) is 15.1. The van der Waals surface area contributed by atoms with Crippen molar-refractivity contribution in [2.24, 2.45) is 0 Å². The number of thioether (sulfide) groups is 1. The van der Waals surface area contributed by atoms with Gasteiger partial charge in [-0.05, 0) is 63.1 Å². The van der Waals surface area contributed by atoms with Crippen LogP contribution in [0.1, 0.15) is 73.7 Å². The largest absolute Gasteiger partial charge is 0.467 e. The van der Waals surface area contributed by atoms with Gasteiger partial charge >= 0.3 is 0 Å². The van der Waals surface area contributed by atoms with Crippen molar-refractivity contribution in [3.8, 4) is 0 Å². The maximum atomic E-state index is 13.7. The molecule has 1 fully saturated rings. The van der Waals surface area contributed by atoms with E-state index >= 15 is 0 Å². The fraction of sp³-hybridized carbons (Fsp3) is 0.522. The molecule has 1 N–H and O–H groups in total. The Bertz CT molecular complexity index is 1140. The Morgan fingerprint density at radius 2 is 2.13 bits per heavy atom. The van der Waals surface area contributed by atoms with E-state index in [-0.39, 0.29) is 29.3 Å². The summed E-state index contributed by atoms with van der Waals surface area (Å²) in [5.74, 6) is 0.859. The van der Waals surface area contributed by atoms with Gasteiger partial charge in [-0.2, -0.15) is 0 Å². The highest BCUT2D eigenvalue weighted by atomic mass is 32.2. The molecule has 0 saturated heterocycles. The van der Waals surface area contributed by atoms with E-state index in [1.807, 2.05) is 23.6 Å². The molecule has 2 aliphatic carbocycles. The van der Waals surface area contributed by atoms with E-state index in [1.54, 1.807) is 17.6 Å². The van der Waals surface area contributed by atoms with Gasteiger partial charge in [0.25, 0.3) is 5.56 Å². The minimum Gasteiger partial charge on any atom is -0.467 e. The summed E-state index contributed by atoms with van der Waals surface area (Å²) in [6.45, 7) is 1.90. The molecule has 3 aromatic heterocycles. The van der Waals surface area contributed by atoms with Crippen LogP contribution in [-0.2, 0) is 17.6 Å². The van der Waals surface area contributed by atoms with Crippen LogP contribution in [0.2, 0.25) is 0 Å². The normalized spacial score (nSPS) is 17.7. The zero-order valence-electron chi connectivity index (χ0n) is 17.7. The quantitative estimate of drug-likeness (QED) is 0.416. The molecule has 0 bridgehead atoms. The number of rotatable bonds is 6. The van der Waals surface area contributed by atoms with Gasteiger partial charge in [0, 0.05) is 10.9 Å². The lowest BCUT2D eigenvalue weighted by atomic mass is 9.97. The van der Waals surface area contributed by atoms with Gasteiger partial charge in [-0.25, -0.2) is 4.98 Å². The van der Waals surface area contributed by atoms with Crippen molar-refractivity contribution in [3.63, 3.8) is 0 Å². The lowest BCUT2D eigenvalue weighted by Gasteiger charge is -2.18. The second-order valence-corrected chi connectivity index (χ2v) is 10.5. The van der Waals surface area contributed by atoms with E-state index in [4.69, 9.17) is 9.40 Å². The highest BCUT2D eigenvalue weighted by molar-refractivity contribution is 7.99. The number of nitrogens with zero attached hydrogens (tertiary/aromatic N) is 2. The van der Waals surface area contributed by atoms with E-state index in [0.717, 1.165) is 60.9 Å². The van der Waals surface area contributed by atoms with E-state index in [0.29, 0.717) is 5.16 Å². The molecule has 0 radical (unpaired) electrons. The molecule has 164 valence electrons. The van der Waals surface area contributed by atoms with Gasteiger partial charge in [0.15, 0.2) is 5.16 Å². The molecule has 1 unspecified atom stereocenters. The molecule has 6 nitrogen and oxygen atoms in total. The van der Waals surface area contributed by atoms with Gasteiger partial charge in [-0.1, -0.05) is 24.6 Å². The molecule has 5 rings (SSSR count). The van der Waals surface area contributed by atoms with Crippen LogP contribution < -0.4 is 10.9 Å². The Morgan fingerprint density at radius 1 is 1.32 bits per heavy atom. The van der Waals surface area contributed by atoms with Gasteiger partial charge in [-0.15, -0.1) is 11.3 Å². The molecule has 0 aromatic carbocycles. The molecule has 2 aliphatic rings. The zero-order chi connectivity index (χ0) is 21.4. The number of aryl methyl sites for hydroxylation is 2. The average Bonchev–Trinajstić information content (AvgIpc) is 3.52. The van der Waals surface area contributed by atoms with Crippen LogP contribution in [0.4, 0.5) is 0 Å². The minimum atomic E-state index is -0.195. The topological polar surface area (TPSA) is 77.1 Å². The molecule has 0 spiro atoms. The van der Waals surface area contributed by atoms with Gasteiger partial charge in [0.05, 0.1) is 23.4 Å². The Labute approximate surface area is 189 Å². The summed E-state index contributed by atoms with van der Waals surface area (Å²) < 4.78 is 7.28. The summed E-state index contributed by atoms with van der Waals surface area (Å²) in [7, 11) is 0. The number of thiophene rings is 1. The Hall–Kier alpha value is -2.06. The molecular weight excluding hydrogens is 430 g/mol. The third-order valence-electron chi connectivity index (χ3n) is 6.36. The summed E-state index contributed by atoms with van der Waals surface area (Å²) >= 11 is 3.04. The number of hydrogen-bond acceptors (Lipinski definition) is 6. The van der Waals surface area contributed by atoms with Crippen LogP contribution in [0.5, 0.6) is 0 Å². The lowest BCUT2D eigenvalue weighted by molar-refractivity contribution is -0.119. The smallest absolute Gasteiger partial charge is 0.263 e. The summed E-state index contributed by atoms with van der Waals surface area (Å²) in [5, 5.41) is 4.49. The first kappa shape index (κ1) is 20.8. The van der Waals surface area contributed by atoms with Crippen molar-refractivity contribution in [2.75, 3.05) is 5.75 Å². The molecule has 1 atom stereocenters. The van der Waals surface area contributed by atoms with Crippen molar-refractivity contribution in [1.82, 2.24) is 14.9 Å². The summed E-state index contributed by atoms with van der Waals surface area (Å²) in [6.07, 6.45) is 10.3. The van der Waals surface area contributed by atoms with Gasteiger partial charge in [0.2, 0.25) is 5.91 Å². The second kappa shape index (κ2) is 8.82. The predicted molar refractivity (Wildman–Crippen MR) is 124 cm³/mol. The third kappa shape index (κ3) is 4.07. The SMILES string of the molecule is CC(NC(=O)CSc1nc2sc3c(c2c(=O)n1C1CCCC1)CCCC3)c1ccco1. The number of hydrogen-bond donors (Lipinski definition) is 1. The first-order valence-electron chi connectivity index (χ1n) is 11.1. The summed E-state index contributed by atoms with van der Waals surface area (Å²) in [5.41, 5.74) is 1.33.